The molecule has 134 valence electrons. The fraction of sp³-hybridized carbons (Fsp3) is 0.643. The van der Waals surface area contributed by atoms with Gasteiger partial charge in [0.05, 0.1) is 18.8 Å². The van der Waals surface area contributed by atoms with Crippen LogP contribution in [-0.2, 0) is 23.4 Å². The number of aromatic nitrogens is 1. The van der Waals surface area contributed by atoms with E-state index >= 15 is 0 Å². The van der Waals surface area contributed by atoms with Gasteiger partial charge in [0.1, 0.15) is 0 Å². The molecule has 6 nitrogen and oxygen atoms in total. The molecule has 0 amide bonds. The van der Waals surface area contributed by atoms with Gasteiger partial charge in [-0.2, -0.15) is 0 Å². The Balaban J connectivity index is 0.00000484. The van der Waals surface area contributed by atoms with E-state index in [0.717, 1.165) is 16.7 Å². The zero-order valence-electron chi connectivity index (χ0n) is 14.0. The minimum Gasteiger partial charge on any atom is -0.357 e. The normalized spacial score (nSPS) is 12.0. The van der Waals surface area contributed by atoms with Crippen molar-refractivity contribution >= 4 is 55.7 Å². The minimum absolute atomic E-state index is 0. The number of halogens is 2. The number of hydrogen-bond donors (Lipinski definition) is 1. The van der Waals surface area contributed by atoms with E-state index in [4.69, 9.17) is 0 Å². The van der Waals surface area contributed by atoms with Crippen LogP contribution >= 0.6 is 39.9 Å². The molecule has 0 saturated carbocycles. The molecule has 0 atom stereocenters. The van der Waals surface area contributed by atoms with Crippen molar-refractivity contribution in [3.05, 3.63) is 22.4 Å². The van der Waals surface area contributed by atoms with Crippen molar-refractivity contribution in [3.63, 3.8) is 0 Å². The second kappa shape index (κ2) is 10.5. The minimum atomic E-state index is -2.98. The molecule has 0 fully saturated rings. The van der Waals surface area contributed by atoms with E-state index in [2.05, 4.69) is 32.3 Å². The highest BCUT2D eigenvalue weighted by atomic mass is 127. The zero-order chi connectivity index (χ0) is 16.8. The maximum absolute atomic E-state index is 11.5. The highest BCUT2D eigenvalue weighted by Gasteiger charge is 2.11. The number of hydrogen-bond acceptors (Lipinski definition) is 3. The van der Waals surface area contributed by atoms with Crippen molar-refractivity contribution in [1.29, 1.82) is 0 Å². The molecular formula is C14H26BrIN4O2S. The van der Waals surface area contributed by atoms with Crippen LogP contribution in [0.5, 0.6) is 0 Å². The fourth-order valence-corrected chi connectivity index (χ4v) is 3.18. The third-order valence-corrected chi connectivity index (χ3v) is 5.39. The van der Waals surface area contributed by atoms with E-state index in [1.807, 2.05) is 36.7 Å². The van der Waals surface area contributed by atoms with Crippen LogP contribution in [0, 0.1) is 0 Å². The highest BCUT2D eigenvalue weighted by molar-refractivity contribution is 14.0. The first-order valence-corrected chi connectivity index (χ1v) is 9.91. The van der Waals surface area contributed by atoms with Crippen LogP contribution in [-0.4, -0.2) is 55.5 Å². The number of nitrogens with zero attached hydrogens (tertiary/aromatic N) is 3. The molecule has 23 heavy (non-hydrogen) atoms. The Morgan fingerprint density at radius 1 is 1.43 bits per heavy atom. The van der Waals surface area contributed by atoms with Gasteiger partial charge in [-0.05, 0) is 28.9 Å². The van der Waals surface area contributed by atoms with E-state index in [1.54, 1.807) is 6.92 Å². The summed E-state index contributed by atoms with van der Waals surface area (Å²) >= 11 is 3.46. The SMILES string of the molecule is CCNC(=NCCS(=O)(=O)CC)N(C)Cc1cc(Br)cn1C.I. The smallest absolute Gasteiger partial charge is 0.194 e. The van der Waals surface area contributed by atoms with Crippen LogP contribution in [0.25, 0.3) is 0 Å². The topological polar surface area (TPSA) is 66.7 Å². The lowest BCUT2D eigenvalue weighted by atomic mass is 10.4. The van der Waals surface area contributed by atoms with Gasteiger partial charge in [-0.3, -0.25) is 4.99 Å². The van der Waals surface area contributed by atoms with Crippen molar-refractivity contribution in [1.82, 2.24) is 14.8 Å². The molecule has 0 saturated heterocycles. The summed E-state index contributed by atoms with van der Waals surface area (Å²) in [5, 5.41) is 3.19. The van der Waals surface area contributed by atoms with Crippen molar-refractivity contribution in [3.8, 4) is 0 Å². The monoisotopic (exact) mass is 520 g/mol. The highest BCUT2D eigenvalue weighted by Crippen LogP contribution is 2.14. The van der Waals surface area contributed by atoms with E-state index in [9.17, 15) is 8.42 Å². The molecule has 1 rings (SSSR count). The van der Waals surface area contributed by atoms with Crippen LogP contribution in [0.15, 0.2) is 21.7 Å². The maximum atomic E-state index is 11.5. The van der Waals surface area contributed by atoms with Gasteiger partial charge in [-0.15, -0.1) is 24.0 Å². The van der Waals surface area contributed by atoms with Crippen LogP contribution in [0.3, 0.4) is 0 Å². The van der Waals surface area contributed by atoms with Crippen molar-refractivity contribution in [2.45, 2.75) is 20.4 Å². The summed E-state index contributed by atoms with van der Waals surface area (Å²) in [4.78, 5) is 6.40. The van der Waals surface area contributed by atoms with E-state index in [1.165, 1.54) is 0 Å². The molecule has 0 bridgehead atoms. The summed E-state index contributed by atoms with van der Waals surface area (Å²) in [6.45, 7) is 5.35. The number of aryl methyl sites for hydroxylation is 1. The average Bonchev–Trinajstić information content (AvgIpc) is 2.75. The first-order valence-electron chi connectivity index (χ1n) is 7.29. The van der Waals surface area contributed by atoms with Gasteiger partial charge in [-0.1, -0.05) is 6.92 Å². The predicted molar refractivity (Wildman–Crippen MR) is 110 cm³/mol. The van der Waals surface area contributed by atoms with Crippen LogP contribution in [0.1, 0.15) is 19.5 Å². The first kappa shape index (κ1) is 22.7. The number of guanidine groups is 1. The molecule has 0 unspecified atom stereocenters. The van der Waals surface area contributed by atoms with Gasteiger partial charge in [0, 0.05) is 42.8 Å². The van der Waals surface area contributed by atoms with Gasteiger partial charge in [0.2, 0.25) is 0 Å². The Bertz CT molecular complexity index is 616. The molecule has 0 aliphatic heterocycles. The number of sulfone groups is 1. The first-order chi connectivity index (χ1) is 10.3. The Hall–Kier alpha value is -0.290. The second-order valence-corrected chi connectivity index (χ2v) is 8.48. The third kappa shape index (κ3) is 7.88. The predicted octanol–water partition coefficient (Wildman–Crippen LogP) is 2.24. The Labute approximate surface area is 164 Å². The summed E-state index contributed by atoms with van der Waals surface area (Å²) < 4.78 is 26.2. The second-order valence-electron chi connectivity index (χ2n) is 5.09. The molecule has 1 aromatic rings. The van der Waals surface area contributed by atoms with Gasteiger partial charge in [0.25, 0.3) is 0 Å². The third-order valence-electron chi connectivity index (χ3n) is 3.27. The van der Waals surface area contributed by atoms with Gasteiger partial charge in [-0.25, -0.2) is 8.42 Å². The van der Waals surface area contributed by atoms with Crippen molar-refractivity contribution < 1.29 is 8.42 Å². The molecule has 0 aliphatic rings. The molecule has 0 radical (unpaired) electrons. The summed E-state index contributed by atoms with van der Waals surface area (Å²) in [7, 11) is 0.951. The summed E-state index contributed by atoms with van der Waals surface area (Å²) in [6.07, 6.45) is 2.00. The van der Waals surface area contributed by atoms with E-state index in [0.29, 0.717) is 12.5 Å². The number of aliphatic imine (C=N–C) groups is 1. The van der Waals surface area contributed by atoms with Crippen molar-refractivity contribution in [2.75, 3.05) is 31.6 Å². The molecule has 0 aliphatic carbocycles. The fourth-order valence-electron chi connectivity index (χ4n) is 1.95. The Morgan fingerprint density at radius 2 is 2.09 bits per heavy atom. The van der Waals surface area contributed by atoms with Crippen LogP contribution in [0.4, 0.5) is 0 Å². The Morgan fingerprint density at radius 3 is 2.57 bits per heavy atom. The van der Waals surface area contributed by atoms with Crippen LogP contribution in [0.2, 0.25) is 0 Å². The van der Waals surface area contributed by atoms with E-state index in [-0.39, 0.29) is 42.0 Å². The van der Waals surface area contributed by atoms with Gasteiger partial charge < -0.3 is 14.8 Å². The molecule has 1 heterocycles. The van der Waals surface area contributed by atoms with Gasteiger partial charge >= 0.3 is 0 Å². The lowest BCUT2D eigenvalue weighted by Gasteiger charge is -2.22. The summed E-state index contributed by atoms with van der Waals surface area (Å²) in [5.74, 6) is 0.958. The van der Waals surface area contributed by atoms with Gasteiger partial charge in [0.15, 0.2) is 15.8 Å². The maximum Gasteiger partial charge on any atom is 0.194 e. The van der Waals surface area contributed by atoms with Crippen molar-refractivity contribution in [2.24, 2.45) is 12.0 Å². The molecule has 1 aromatic heterocycles. The summed E-state index contributed by atoms with van der Waals surface area (Å²) in [6, 6.07) is 2.06. The number of rotatable bonds is 7. The largest absolute Gasteiger partial charge is 0.357 e. The van der Waals surface area contributed by atoms with E-state index < -0.39 is 9.84 Å². The zero-order valence-corrected chi connectivity index (χ0v) is 18.8. The quantitative estimate of drug-likeness (QED) is 0.340. The summed E-state index contributed by atoms with van der Waals surface area (Å²) in [5.41, 5.74) is 1.14. The molecule has 9 heteroatoms. The lowest BCUT2D eigenvalue weighted by Crippen LogP contribution is -2.39. The number of nitrogens with one attached hydrogen (secondary N) is 1. The molecular weight excluding hydrogens is 495 g/mol. The molecule has 0 aromatic carbocycles. The van der Waals surface area contributed by atoms with Crippen LogP contribution < -0.4 is 5.32 Å². The molecule has 0 spiro atoms. The average molecular weight is 521 g/mol. The standard InChI is InChI=1S/C14H25BrN4O2S.HI/c1-5-16-14(17-7-8-22(20,21)6-2)19(4)11-13-9-12(15)10-18(13)3;/h9-10H,5-8,11H2,1-4H3,(H,16,17);1H. The molecule has 1 N–H and O–H groups in total. The lowest BCUT2D eigenvalue weighted by molar-refractivity contribution is 0.462. The Kier molecular flexibility index (Phi) is 10.4.